The maximum Gasteiger partial charge on any atom is 0.277 e. The van der Waals surface area contributed by atoms with Gasteiger partial charge < -0.3 is 9.64 Å². The lowest BCUT2D eigenvalue weighted by atomic mass is 10.1. The van der Waals surface area contributed by atoms with E-state index in [2.05, 4.69) is 4.99 Å². The summed E-state index contributed by atoms with van der Waals surface area (Å²) >= 11 is 0. The van der Waals surface area contributed by atoms with Crippen LogP contribution < -0.4 is 4.74 Å². The number of rotatable bonds is 4. The van der Waals surface area contributed by atoms with E-state index in [0.29, 0.717) is 11.4 Å². The smallest absolute Gasteiger partial charge is 0.277 e. The van der Waals surface area contributed by atoms with Crippen LogP contribution in [0.25, 0.3) is 6.08 Å². The molecule has 0 N–H and O–H groups in total. The number of nitrogens with zero attached hydrogens (tertiary/aromatic N) is 3. The van der Waals surface area contributed by atoms with Gasteiger partial charge >= 0.3 is 0 Å². The average Bonchev–Trinajstić information content (AvgIpc) is 3.24. The number of para-hydroxylation sites is 1. The van der Waals surface area contributed by atoms with E-state index in [1.54, 1.807) is 11.0 Å². The minimum atomic E-state index is -0.0325. The Balaban J connectivity index is 1.50. The number of ether oxygens (including phenoxy) is 1. The van der Waals surface area contributed by atoms with Crippen molar-refractivity contribution >= 4 is 23.7 Å². The Labute approximate surface area is 159 Å². The molecule has 6 nitrogen and oxygen atoms in total. The Morgan fingerprint density at radius 3 is 2.70 bits per heavy atom. The molecule has 1 aromatic carbocycles. The zero-order valence-electron chi connectivity index (χ0n) is 15.5. The van der Waals surface area contributed by atoms with Gasteiger partial charge in [-0.25, -0.2) is 4.99 Å². The molecular weight excluding hydrogens is 342 g/mol. The summed E-state index contributed by atoms with van der Waals surface area (Å²) in [7, 11) is 0. The van der Waals surface area contributed by atoms with Crippen molar-refractivity contribution in [2.24, 2.45) is 4.99 Å². The van der Waals surface area contributed by atoms with E-state index >= 15 is 0 Å². The van der Waals surface area contributed by atoms with Crippen molar-refractivity contribution in [1.82, 2.24) is 9.80 Å². The van der Waals surface area contributed by atoms with E-state index in [9.17, 15) is 9.59 Å². The van der Waals surface area contributed by atoms with E-state index in [4.69, 9.17) is 4.74 Å². The van der Waals surface area contributed by atoms with Gasteiger partial charge in [0.25, 0.3) is 11.8 Å². The van der Waals surface area contributed by atoms with Crippen LogP contribution in [0.15, 0.2) is 35.0 Å². The highest BCUT2D eigenvalue weighted by molar-refractivity contribution is 6.14. The van der Waals surface area contributed by atoms with Gasteiger partial charge in [0.15, 0.2) is 6.61 Å². The van der Waals surface area contributed by atoms with Crippen LogP contribution in [0.1, 0.15) is 44.1 Å². The van der Waals surface area contributed by atoms with Gasteiger partial charge in [0.05, 0.1) is 0 Å². The molecule has 3 aliphatic rings. The molecule has 2 amide bonds. The number of likely N-dealkylation sites (tertiary alicyclic amines) is 1. The van der Waals surface area contributed by atoms with Crippen molar-refractivity contribution in [2.75, 3.05) is 26.2 Å². The number of hydrogen-bond donors (Lipinski definition) is 0. The van der Waals surface area contributed by atoms with Crippen LogP contribution in [-0.4, -0.2) is 53.7 Å². The maximum atomic E-state index is 12.7. The van der Waals surface area contributed by atoms with Crippen LogP contribution in [0.2, 0.25) is 0 Å². The number of carbonyl (C=O) groups is 2. The lowest BCUT2D eigenvalue weighted by Crippen LogP contribution is -2.32. The summed E-state index contributed by atoms with van der Waals surface area (Å²) in [5, 5.41) is 0. The molecule has 0 bridgehead atoms. The second-order valence-corrected chi connectivity index (χ2v) is 7.24. The van der Waals surface area contributed by atoms with E-state index in [0.717, 1.165) is 69.6 Å². The van der Waals surface area contributed by atoms with Crippen molar-refractivity contribution in [2.45, 2.75) is 38.5 Å². The topological polar surface area (TPSA) is 62.2 Å². The molecule has 0 aliphatic carbocycles. The molecule has 0 atom stereocenters. The summed E-state index contributed by atoms with van der Waals surface area (Å²) in [5.41, 5.74) is 1.23. The first-order valence-corrected chi connectivity index (χ1v) is 9.83. The highest BCUT2D eigenvalue weighted by atomic mass is 16.5. The molecule has 2 saturated heterocycles. The second kappa shape index (κ2) is 7.94. The molecule has 0 radical (unpaired) electrons. The molecule has 0 aromatic heterocycles. The van der Waals surface area contributed by atoms with Crippen LogP contribution in [0, 0.1) is 0 Å². The highest BCUT2D eigenvalue weighted by Gasteiger charge is 2.30. The summed E-state index contributed by atoms with van der Waals surface area (Å²) in [6.07, 6.45) is 8.00. The van der Waals surface area contributed by atoms with Gasteiger partial charge in [-0.05, 0) is 37.8 Å². The fraction of sp³-hybridized carbons (Fsp3) is 0.476. The molecule has 2 fully saturated rings. The molecule has 1 aromatic rings. The first-order valence-electron chi connectivity index (χ1n) is 9.83. The molecule has 3 heterocycles. The van der Waals surface area contributed by atoms with Crippen LogP contribution in [0.4, 0.5) is 0 Å². The van der Waals surface area contributed by atoms with Crippen molar-refractivity contribution in [3.05, 3.63) is 35.5 Å². The Bertz CT molecular complexity index is 794. The lowest BCUT2D eigenvalue weighted by molar-refractivity contribution is -0.132. The second-order valence-electron chi connectivity index (χ2n) is 7.24. The van der Waals surface area contributed by atoms with Crippen LogP contribution in [-0.2, 0) is 9.59 Å². The number of carbonyl (C=O) groups excluding carboxylic acids is 2. The minimum Gasteiger partial charge on any atom is -0.483 e. The quantitative estimate of drug-likeness (QED) is 0.769. The highest BCUT2D eigenvalue weighted by Crippen LogP contribution is 2.27. The predicted octanol–water partition coefficient (Wildman–Crippen LogP) is 2.84. The summed E-state index contributed by atoms with van der Waals surface area (Å²) in [4.78, 5) is 33.1. The van der Waals surface area contributed by atoms with E-state index < -0.39 is 0 Å². The lowest BCUT2D eigenvalue weighted by Gasteiger charge is -2.16. The van der Waals surface area contributed by atoms with Crippen LogP contribution in [0.5, 0.6) is 5.75 Å². The molecule has 0 saturated carbocycles. The fourth-order valence-corrected chi connectivity index (χ4v) is 3.82. The van der Waals surface area contributed by atoms with E-state index in [1.165, 1.54) is 0 Å². The summed E-state index contributed by atoms with van der Waals surface area (Å²) in [6, 6.07) is 7.48. The molecule has 3 aliphatic heterocycles. The van der Waals surface area contributed by atoms with Crippen LogP contribution >= 0.6 is 0 Å². The number of amidine groups is 1. The van der Waals surface area contributed by atoms with Gasteiger partial charge in [0, 0.05) is 31.6 Å². The Morgan fingerprint density at radius 2 is 1.85 bits per heavy atom. The SMILES string of the molecule is O=C(COc1ccccc1C=C1N=C2CCCCCN2C1=O)N1CCCC1. The normalized spacial score (nSPS) is 21.3. The molecule has 142 valence electrons. The van der Waals surface area contributed by atoms with Crippen molar-refractivity contribution in [1.29, 1.82) is 0 Å². The summed E-state index contributed by atoms with van der Waals surface area (Å²) < 4.78 is 5.79. The van der Waals surface area contributed by atoms with Gasteiger partial charge in [-0.2, -0.15) is 0 Å². The fourth-order valence-electron chi connectivity index (χ4n) is 3.82. The first-order chi connectivity index (χ1) is 13.2. The first kappa shape index (κ1) is 17.8. The molecule has 0 spiro atoms. The van der Waals surface area contributed by atoms with Crippen molar-refractivity contribution < 1.29 is 14.3 Å². The largest absolute Gasteiger partial charge is 0.483 e. The van der Waals surface area contributed by atoms with E-state index in [-0.39, 0.29) is 18.4 Å². The third kappa shape index (κ3) is 3.89. The van der Waals surface area contributed by atoms with Crippen molar-refractivity contribution in [3.8, 4) is 5.75 Å². The van der Waals surface area contributed by atoms with Gasteiger partial charge in [-0.15, -0.1) is 0 Å². The van der Waals surface area contributed by atoms with Crippen molar-refractivity contribution in [3.63, 3.8) is 0 Å². The molecule has 27 heavy (non-hydrogen) atoms. The number of benzene rings is 1. The molecule has 4 rings (SSSR count). The summed E-state index contributed by atoms with van der Waals surface area (Å²) in [6.45, 7) is 2.40. The number of amides is 2. The number of fused-ring (bicyclic) bond motifs is 1. The van der Waals surface area contributed by atoms with Crippen LogP contribution in [0.3, 0.4) is 0 Å². The molecular formula is C21H25N3O3. The standard InChI is InChI=1S/C21H25N3O3/c25-20(23-11-6-7-12-23)15-27-18-9-4-3-8-16(18)14-17-21(26)24-13-5-1-2-10-19(24)22-17/h3-4,8-9,14H,1-2,5-7,10-13,15H2. The van der Waals surface area contributed by atoms with Gasteiger partial charge in [-0.3, -0.25) is 14.5 Å². The monoisotopic (exact) mass is 367 g/mol. The number of hydrogen-bond acceptors (Lipinski definition) is 4. The maximum absolute atomic E-state index is 12.7. The molecule has 0 unspecified atom stereocenters. The zero-order chi connectivity index (χ0) is 18.6. The average molecular weight is 367 g/mol. The minimum absolute atomic E-state index is 0.0144. The van der Waals surface area contributed by atoms with E-state index in [1.807, 2.05) is 29.2 Å². The van der Waals surface area contributed by atoms with Gasteiger partial charge in [0.2, 0.25) is 0 Å². The Morgan fingerprint density at radius 1 is 1.07 bits per heavy atom. The van der Waals surface area contributed by atoms with Gasteiger partial charge in [-0.1, -0.05) is 24.6 Å². The summed E-state index contributed by atoms with van der Waals surface area (Å²) in [5.74, 6) is 1.47. The number of aliphatic imine (C=N–C) groups is 1. The molecule has 6 heteroatoms. The third-order valence-electron chi connectivity index (χ3n) is 5.33. The predicted molar refractivity (Wildman–Crippen MR) is 103 cm³/mol. The zero-order valence-corrected chi connectivity index (χ0v) is 15.5. The Kier molecular flexibility index (Phi) is 5.23. The Hall–Kier alpha value is -2.63. The third-order valence-corrected chi connectivity index (χ3v) is 5.33. The van der Waals surface area contributed by atoms with Gasteiger partial charge in [0.1, 0.15) is 17.3 Å².